The smallest absolute Gasteiger partial charge is 0.265 e. The van der Waals surface area contributed by atoms with Crippen LogP contribution in [0.5, 0.6) is 0 Å². The van der Waals surface area contributed by atoms with Gasteiger partial charge in [-0.15, -0.1) is 11.3 Å². The Morgan fingerprint density at radius 1 is 1.44 bits per heavy atom. The molecular formula is C10H10FN3O2S2. The van der Waals surface area contributed by atoms with Crippen LogP contribution in [0, 0.1) is 12.7 Å². The molecule has 0 spiro atoms. The van der Waals surface area contributed by atoms with Gasteiger partial charge in [-0.2, -0.15) is 0 Å². The lowest BCUT2D eigenvalue weighted by Gasteiger charge is -2.07. The first-order valence-electron chi connectivity index (χ1n) is 4.88. The second-order valence-electron chi connectivity index (χ2n) is 3.58. The number of aromatic nitrogens is 1. The van der Waals surface area contributed by atoms with Crippen molar-refractivity contribution in [2.45, 2.75) is 11.8 Å². The van der Waals surface area contributed by atoms with E-state index in [0.717, 1.165) is 23.5 Å². The van der Waals surface area contributed by atoms with Gasteiger partial charge in [-0.3, -0.25) is 4.72 Å². The van der Waals surface area contributed by atoms with E-state index in [9.17, 15) is 12.8 Å². The summed E-state index contributed by atoms with van der Waals surface area (Å²) in [5.41, 5.74) is 6.21. The maximum atomic E-state index is 13.1. The van der Waals surface area contributed by atoms with Crippen molar-refractivity contribution in [1.82, 2.24) is 4.98 Å². The minimum Gasteiger partial charge on any atom is -0.398 e. The fraction of sp³-hybridized carbons (Fsp3) is 0.100. The van der Waals surface area contributed by atoms with Crippen LogP contribution in [-0.4, -0.2) is 13.4 Å². The van der Waals surface area contributed by atoms with Gasteiger partial charge in [-0.1, -0.05) is 0 Å². The number of sulfonamides is 1. The van der Waals surface area contributed by atoms with E-state index in [4.69, 9.17) is 5.73 Å². The average Bonchev–Trinajstić information content (AvgIpc) is 2.66. The fourth-order valence-electron chi connectivity index (χ4n) is 1.31. The standard InChI is InChI=1S/C10H10FN3O2S2/c1-6-5-17-10(13-6)14-18(15,16)9-4-7(11)2-3-8(9)12/h2-5H,12H2,1H3,(H,13,14). The van der Waals surface area contributed by atoms with Gasteiger partial charge in [0, 0.05) is 5.38 Å². The molecule has 18 heavy (non-hydrogen) atoms. The summed E-state index contributed by atoms with van der Waals surface area (Å²) in [4.78, 5) is 3.67. The van der Waals surface area contributed by atoms with Crippen molar-refractivity contribution in [2.24, 2.45) is 0 Å². The number of halogens is 1. The molecule has 0 saturated heterocycles. The Labute approximate surface area is 108 Å². The highest BCUT2D eigenvalue weighted by molar-refractivity contribution is 7.93. The first kappa shape index (κ1) is 12.8. The molecule has 0 atom stereocenters. The number of anilines is 2. The lowest BCUT2D eigenvalue weighted by Crippen LogP contribution is -2.15. The topological polar surface area (TPSA) is 85.1 Å². The van der Waals surface area contributed by atoms with Crippen LogP contribution >= 0.6 is 11.3 Å². The maximum absolute atomic E-state index is 13.1. The number of rotatable bonds is 3. The summed E-state index contributed by atoms with van der Waals surface area (Å²) in [7, 11) is -3.92. The van der Waals surface area contributed by atoms with Gasteiger partial charge in [-0.05, 0) is 25.1 Å². The number of nitrogens with zero attached hydrogens (tertiary/aromatic N) is 1. The number of aryl methyl sites for hydroxylation is 1. The van der Waals surface area contributed by atoms with Crippen LogP contribution in [0.15, 0.2) is 28.5 Å². The third kappa shape index (κ3) is 2.59. The number of nitrogens with two attached hydrogens (primary N) is 1. The summed E-state index contributed by atoms with van der Waals surface area (Å²) in [6, 6.07) is 3.18. The van der Waals surface area contributed by atoms with Crippen molar-refractivity contribution in [2.75, 3.05) is 10.5 Å². The van der Waals surface area contributed by atoms with E-state index in [-0.39, 0.29) is 15.7 Å². The Hall–Kier alpha value is -1.67. The second kappa shape index (κ2) is 4.54. The van der Waals surface area contributed by atoms with Crippen molar-refractivity contribution in [3.63, 3.8) is 0 Å². The number of hydrogen-bond donors (Lipinski definition) is 2. The summed E-state index contributed by atoms with van der Waals surface area (Å²) in [5, 5.41) is 1.92. The van der Waals surface area contributed by atoms with Gasteiger partial charge in [0.25, 0.3) is 10.0 Å². The molecule has 96 valence electrons. The van der Waals surface area contributed by atoms with Gasteiger partial charge < -0.3 is 5.73 Å². The molecule has 1 aromatic carbocycles. The van der Waals surface area contributed by atoms with E-state index in [2.05, 4.69) is 9.71 Å². The zero-order valence-corrected chi connectivity index (χ0v) is 11.0. The highest BCUT2D eigenvalue weighted by atomic mass is 32.2. The minimum atomic E-state index is -3.92. The highest BCUT2D eigenvalue weighted by Crippen LogP contribution is 2.24. The minimum absolute atomic E-state index is 0.0165. The van der Waals surface area contributed by atoms with E-state index in [1.54, 1.807) is 12.3 Å². The van der Waals surface area contributed by atoms with E-state index in [1.807, 2.05) is 0 Å². The van der Waals surface area contributed by atoms with E-state index < -0.39 is 15.8 Å². The first-order chi connectivity index (χ1) is 8.38. The van der Waals surface area contributed by atoms with Crippen molar-refractivity contribution in [1.29, 1.82) is 0 Å². The summed E-state index contributed by atoms with van der Waals surface area (Å²) < 4.78 is 39.3. The summed E-state index contributed by atoms with van der Waals surface area (Å²) in [5.74, 6) is -0.667. The van der Waals surface area contributed by atoms with Crippen LogP contribution in [0.1, 0.15) is 5.69 Å². The summed E-state index contributed by atoms with van der Waals surface area (Å²) >= 11 is 1.15. The quantitative estimate of drug-likeness (QED) is 0.845. The Balaban J connectivity index is 2.39. The van der Waals surface area contributed by atoms with E-state index in [1.165, 1.54) is 6.07 Å². The summed E-state index contributed by atoms with van der Waals surface area (Å²) in [6.07, 6.45) is 0. The molecule has 0 fully saturated rings. The molecule has 0 saturated carbocycles. The predicted octanol–water partition coefficient (Wildman–Crippen LogP) is 1.97. The third-order valence-electron chi connectivity index (χ3n) is 2.11. The SMILES string of the molecule is Cc1csc(NS(=O)(=O)c2cc(F)ccc2N)n1. The number of thiazole rings is 1. The van der Waals surface area contributed by atoms with Gasteiger partial charge >= 0.3 is 0 Å². The van der Waals surface area contributed by atoms with Crippen LogP contribution in [0.2, 0.25) is 0 Å². The zero-order chi connectivity index (χ0) is 13.3. The molecule has 1 heterocycles. The Morgan fingerprint density at radius 3 is 2.78 bits per heavy atom. The molecule has 0 aliphatic carbocycles. The molecule has 2 aromatic rings. The van der Waals surface area contributed by atoms with Crippen molar-refractivity contribution in [3.05, 3.63) is 35.1 Å². The lowest BCUT2D eigenvalue weighted by molar-refractivity contribution is 0.596. The molecule has 2 rings (SSSR count). The van der Waals surface area contributed by atoms with Crippen LogP contribution < -0.4 is 10.5 Å². The molecule has 5 nitrogen and oxygen atoms in total. The Morgan fingerprint density at radius 2 is 2.17 bits per heavy atom. The molecule has 8 heteroatoms. The van der Waals surface area contributed by atoms with Crippen LogP contribution in [0.4, 0.5) is 15.2 Å². The maximum Gasteiger partial charge on any atom is 0.265 e. The normalized spacial score (nSPS) is 11.4. The monoisotopic (exact) mass is 287 g/mol. The Bertz CT molecular complexity index is 682. The van der Waals surface area contributed by atoms with E-state index in [0.29, 0.717) is 5.69 Å². The van der Waals surface area contributed by atoms with Gasteiger partial charge in [0.15, 0.2) is 5.13 Å². The van der Waals surface area contributed by atoms with Crippen molar-refractivity contribution >= 4 is 32.2 Å². The average molecular weight is 287 g/mol. The van der Waals surface area contributed by atoms with Crippen molar-refractivity contribution < 1.29 is 12.8 Å². The molecule has 0 aliphatic rings. The van der Waals surface area contributed by atoms with Gasteiger partial charge in [0.05, 0.1) is 11.4 Å². The highest BCUT2D eigenvalue weighted by Gasteiger charge is 2.19. The van der Waals surface area contributed by atoms with Gasteiger partial charge in [0.1, 0.15) is 10.7 Å². The number of nitrogen functional groups attached to an aromatic ring is 1. The number of hydrogen-bond acceptors (Lipinski definition) is 5. The van der Waals surface area contributed by atoms with Crippen molar-refractivity contribution in [3.8, 4) is 0 Å². The first-order valence-corrected chi connectivity index (χ1v) is 7.25. The Kier molecular flexibility index (Phi) is 3.22. The molecule has 0 unspecified atom stereocenters. The van der Waals surface area contributed by atoms with E-state index >= 15 is 0 Å². The predicted molar refractivity (Wildman–Crippen MR) is 68.5 cm³/mol. The van der Waals surface area contributed by atoms with Crippen LogP contribution in [0.3, 0.4) is 0 Å². The second-order valence-corrected chi connectivity index (χ2v) is 6.09. The van der Waals surface area contributed by atoms with Crippen LogP contribution in [0.25, 0.3) is 0 Å². The number of nitrogens with one attached hydrogen (secondary N) is 1. The molecule has 3 N–H and O–H groups in total. The largest absolute Gasteiger partial charge is 0.398 e. The molecule has 0 amide bonds. The fourth-order valence-corrected chi connectivity index (χ4v) is 3.40. The number of benzene rings is 1. The van der Waals surface area contributed by atoms with Gasteiger partial charge in [-0.25, -0.2) is 17.8 Å². The zero-order valence-electron chi connectivity index (χ0n) is 9.34. The third-order valence-corrected chi connectivity index (χ3v) is 4.51. The summed E-state index contributed by atoms with van der Waals surface area (Å²) in [6.45, 7) is 1.74. The lowest BCUT2D eigenvalue weighted by atomic mass is 10.3. The molecule has 0 bridgehead atoms. The molecule has 0 aliphatic heterocycles. The molecule has 0 radical (unpaired) electrons. The van der Waals surface area contributed by atoms with Crippen LogP contribution in [-0.2, 0) is 10.0 Å². The van der Waals surface area contributed by atoms with Gasteiger partial charge in [0.2, 0.25) is 0 Å². The molecule has 1 aromatic heterocycles. The molecular weight excluding hydrogens is 277 g/mol.